The van der Waals surface area contributed by atoms with Crippen LogP contribution in [0.3, 0.4) is 0 Å². The van der Waals surface area contributed by atoms with Crippen LogP contribution in [0.25, 0.3) is 22.4 Å². The molecule has 3 heterocycles. The maximum absolute atomic E-state index is 12.8. The number of hydrogen-bond acceptors (Lipinski definition) is 8. The highest BCUT2D eigenvalue weighted by Gasteiger charge is 2.20. The summed E-state index contributed by atoms with van der Waals surface area (Å²) in [5.74, 6) is -0.393. The van der Waals surface area contributed by atoms with Gasteiger partial charge in [-0.3, -0.25) is 20.2 Å². The summed E-state index contributed by atoms with van der Waals surface area (Å²) < 4.78 is 5.23. The minimum atomic E-state index is -0.489. The average molecular weight is 381 g/mol. The minimum Gasteiger partial charge on any atom is -0.335 e. The van der Waals surface area contributed by atoms with E-state index in [4.69, 9.17) is 4.52 Å². The summed E-state index contributed by atoms with van der Waals surface area (Å²) in [5, 5.41) is 20.3. The summed E-state index contributed by atoms with van der Waals surface area (Å²) in [5.41, 5.74) is 1.79. The number of non-ortho nitro benzene ring substituents is 1. The summed E-state index contributed by atoms with van der Waals surface area (Å²) in [6, 6.07) is 7.57. The Labute approximate surface area is 155 Å². The second kappa shape index (κ2) is 6.57. The Hall–Kier alpha value is -3.66. The number of thiazole rings is 1. The van der Waals surface area contributed by atoms with Crippen LogP contribution in [0.4, 0.5) is 10.8 Å². The maximum atomic E-state index is 12.8. The van der Waals surface area contributed by atoms with Gasteiger partial charge in [-0.25, -0.2) is 9.97 Å². The van der Waals surface area contributed by atoms with Crippen molar-refractivity contribution in [2.75, 3.05) is 5.32 Å². The molecule has 0 spiro atoms. The number of rotatable bonds is 4. The normalized spacial score (nSPS) is 10.9. The van der Waals surface area contributed by atoms with Gasteiger partial charge in [0.1, 0.15) is 0 Å². The van der Waals surface area contributed by atoms with E-state index in [0.717, 1.165) is 0 Å². The summed E-state index contributed by atoms with van der Waals surface area (Å²) in [7, 11) is 0. The van der Waals surface area contributed by atoms with Crippen LogP contribution in [0.2, 0.25) is 0 Å². The standard InChI is InChI=1S/C17H11N5O4S/c1-9-14-12(15(23)20-17-18-5-6-27-17)8-13(19-16(14)26-21-9)10-3-2-4-11(7-10)22(24)25/h2-8H,1H3,(H,18,20,23). The Bertz CT molecular complexity index is 1170. The van der Waals surface area contributed by atoms with Gasteiger partial charge in [0.25, 0.3) is 17.3 Å². The smallest absolute Gasteiger partial charge is 0.270 e. The molecule has 1 amide bonds. The number of carbonyl (C=O) groups is 1. The second-order valence-corrected chi connectivity index (χ2v) is 6.50. The van der Waals surface area contributed by atoms with Crippen LogP contribution in [0.5, 0.6) is 0 Å². The topological polar surface area (TPSA) is 124 Å². The Morgan fingerprint density at radius 1 is 1.33 bits per heavy atom. The van der Waals surface area contributed by atoms with Gasteiger partial charge < -0.3 is 4.52 Å². The molecule has 0 radical (unpaired) electrons. The number of pyridine rings is 1. The zero-order valence-electron chi connectivity index (χ0n) is 13.9. The number of nitrogens with one attached hydrogen (secondary N) is 1. The van der Waals surface area contributed by atoms with Gasteiger partial charge in [0.2, 0.25) is 0 Å². The molecule has 0 aliphatic rings. The average Bonchev–Trinajstić information content (AvgIpc) is 3.31. The largest absolute Gasteiger partial charge is 0.335 e. The highest BCUT2D eigenvalue weighted by atomic mass is 32.1. The maximum Gasteiger partial charge on any atom is 0.270 e. The third-order valence-electron chi connectivity index (χ3n) is 3.87. The van der Waals surface area contributed by atoms with E-state index < -0.39 is 10.8 Å². The molecule has 0 aliphatic heterocycles. The highest BCUT2D eigenvalue weighted by Crippen LogP contribution is 2.29. The fraction of sp³-hybridized carbons (Fsp3) is 0.0588. The van der Waals surface area contributed by atoms with Crippen molar-refractivity contribution in [3.8, 4) is 11.3 Å². The first-order valence-electron chi connectivity index (χ1n) is 7.75. The number of amides is 1. The van der Waals surface area contributed by atoms with Crippen molar-refractivity contribution in [1.29, 1.82) is 0 Å². The van der Waals surface area contributed by atoms with Crippen molar-refractivity contribution >= 4 is 39.2 Å². The van der Waals surface area contributed by atoms with Crippen LogP contribution >= 0.6 is 11.3 Å². The van der Waals surface area contributed by atoms with E-state index in [2.05, 4.69) is 20.4 Å². The number of aryl methyl sites for hydroxylation is 1. The van der Waals surface area contributed by atoms with E-state index in [0.29, 0.717) is 33.0 Å². The number of nitro benzene ring substituents is 1. The Morgan fingerprint density at radius 3 is 2.93 bits per heavy atom. The summed E-state index contributed by atoms with van der Waals surface area (Å²) in [6.07, 6.45) is 1.58. The fourth-order valence-electron chi connectivity index (χ4n) is 2.65. The van der Waals surface area contributed by atoms with E-state index in [1.165, 1.54) is 23.5 Å². The van der Waals surface area contributed by atoms with Gasteiger partial charge >= 0.3 is 0 Å². The van der Waals surface area contributed by atoms with E-state index in [1.54, 1.807) is 36.7 Å². The summed E-state index contributed by atoms with van der Waals surface area (Å²) >= 11 is 1.29. The van der Waals surface area contributed by atoms with Crippen LogP contribution in [0, 0.1) is 17.0 Å². The molecule has 1 aromatic carbocycles. The highest BCUT2D eigenvalue weighted by molar-refractivity contribution is 7.13. The quantitative estimate of drug-likeness (QED) is 0.421. The third-order valence-corrected chi connectivity index (χ3v) is 4.56. The van der Waals surface area contributed by atoms with Gasteiger partial charge in [0.15, 0.2) is 5.13 Å². The fourth-order valence-corrected chi connectivity index (χ4v) is 3.17. The van der Waals surface area contributed by atoms with E-state index in [-0.39, 0.29) is 11.4 Å². The predicted molar refractivity (Wildman–Crippen MR) is 98.7 cm³/mol. The summed E-state index contributed by atoms with van der Waals surface area (Å²) in [6.45, 7) is 1.71. The Kier molecular flexibility index (Phi) is 4.09. The number of benzene rings is 1. The van der Waals surface area contributed by atoms with Crippen LogP contribution in [0.15, 0.2) is 46.4 Å². The van der Waals surface area contributed by atoms with Crippen LogP contribution < -0.4 is 5.32 Å². The zero-order valence-corrected chi connectivity index (χ0v) is 14.7. The van der Waals surface area contributed by atoms with Crippen LogP contribution in [-0.4, -0.2) is 26.0 Å². The lowest BCUT2D eigenvalue weighted by molar-refractivity contribution is -0.384. The molecule has 4 rings (SSSR count). The minimum absolute atomic E-state index is 0.0723. The third kappa shape index (κ3) is 3.13. The number of nitro groups is 1. The molecule has 0 saturated carbocycles. The van der Waals surface area contributed by atoms with Crippen molar-refractivity contribution in [3.05, 3.63) is 63.3 Å². The number of fused-ring (bicyclic) bond motifs is 1. The van der Waals surface area contributed by atoms with E-state index in [9.17, 15) is 14.9 Å². The molecule has 0 fully saturated rings. The summed E-state index contributed by atoms with van der Waals surface area (Å²) in [4.78, 5) is 31.7. The van der Waals surface area contributed by atoms with Gasteiger partial charge in [-0.2, -0.15) is 0 Å². The monoisotopic (exact) mass is 381 g/mol. The Morgan fingerprint density at radius 2 is 2.19 bits per heavy atom. The molecular formula is C17H11N5O4S. The first-order chi connectivity index (χ1) is 13.0. The van der Waals surface area contributed by atoms with Gasteiger partial charge in [0, 0.05) is 29.3 Å². The van der Waals surface area contributed by atoms with E-state index in [1.807, 2.05) is 0 Å². The molecule has 0 unspecified atom stereocenters. The predicted octanol–water partition coefficient (Wildman–Crippen LogP) is 3.82. The Balaban J connectivity index is 1.85. The number of aromatic nitrogens is 3. The zero-order chi connectivity index (χ0) is 19.0. The van der Waals surface area contributed by atoms with Crippen molar-refractivity contribution in [1.82, 2.24) is 15.1 Å². The molecule has 3 aromatic heterocycles. The number of carbonyl (C=O) groups excluding carboxylic acids is 1. The molecule has 134 valence electrons. The number of anilines is 1. The lowest BCUT2D eigenvalue weighted by Gasteiger charge is -2.07. The lowest BCUT2D eigenvalue weighted by atomic mass is 10.0. The second-order valence-electron chi connectivity index (χ2n) is 5.60. The van der Waals surface area contributed by atoms with Gasteiger partial charge in [-0.05, 0) is 13.0 Å². The molecule has 4 aromatic rings. The molecule has 0 aliphatic carbocycles. The first-order valence-corrected chi connectivity index (χ1v) is 8.63. The van der Waals surface area contributed by atoms with Crippen molar-refractivity contribution < 1.29 is 14.2 Å². The number of nitrogens with zero attached hydrogens (tertiary/aromatic N) is 4. The molecule has 0 atom stereocenters. The van der Waals surface area contributed by atoms with Crippen LogP contribution in [-0.2, 0) is 0 Å². The van der Waals surface area contributed by atoms with Gasteiger partial charge in [-0.15, -0.1) is 11.3 Å². The first kappa shape index (κ1) is 16.8. The lowest BCUT2D eigenvalue weighted by Crippen LogP contribution is -2.13. The molecule has 0 saturated heterocycles. The molecule has 1 N–H and O–H groups in total. The molecule has 9 nitrogen and oxygen atoms in total. The van der Waals surface area contributed by atoms with Gasteiger partial charge in [0.05, 0.1) is 27.3 Å². The molecular weight excluding hydrogens is 370 g/mol. The van der Waals surface area contributed by atoms with E-state index >= 15 is 0 Å². The molecule has 27 heavy (non-hydrogen) atoms. The van der Waals surface area contributed by atoms with Crippen molar-refractivity contribution in [2.45, 2.75) is 6.92 Å². The molecule has 10 heteroatoms. The molecule has 0 bridgehead atoms. The SMILES string of the molecule is Cc1noc2nc(-c3cccc([N+](=O)[O-])c3)cc(C(=O)Nc3nccs3)c12. The van der Waals surface area contributed by atoms with Crippen molar-refractivity contribution in [2.24, 2.45) is 0 Å². The van der Waals surface area contributed by atoms with Crippen LogP contribution in [0.1, 0.15) is 16.1 Å². The van der Waals surface area contributed by atoms with Gasteiger partial charge in [-0.1, -0.05) is 17.3 Å². The van der Waals surface area contributed by atoms with Crippen molar-refractivity contribution in [3.63, 3.8) is 0 Å². The number of hydrogen-bond donors (Lipinski definition) is 1.